The summed E-state index contributed by atoms with van der Waals surface area (Å²) in [5, 5.41) is 9.77. The van der Waals surface area contributed by atoms with Gasteiger partial charge >= 0.3 is 5.97 Å². The monoisotopic (exact) mass is 456 g/mol. The number of pyridine rings is 1. The molecule has 1 aliphatic rings. The maximum Gasteiger partial charge on any atom is 0.314 e. The molecular weight excluding hydrogens is 412 g/mol. The lowest BCUT2D eigenvalue weighted by atomic mass is 9.69. The summed E-state index contributed by atoms with van der Waals surface area (Å²) in [6.07, 6.45) is 19.0. The zero-order valence-electron chi connectivity index (χ0n) is 20.9. The third-order valence-electron chi connectivity index (χ3n) is 6.95. The zero-order valence-corrected chi connectivity index (χ0v) is 20.9. The van der Waals surface area contributed by atoms with Crippen LogP contribution in [-0.2, 0) is 4.79 Å². The van der Waals surface area contributed by atoms with Gasteiger partial charge in [0.1, 0.15) is 5.75 Å². The van der Waals surface area contributed by atoms with E-state index in [4.69, 9.17) is 9.47 Å². The van der Waals surface area contributed by atoms with Gasteiger partial charge < -0.3 is 9.47 Å². The van der Waals surface area contributed by atoms with Crippen LogP contribution in [0.3, 0.4) is 0 Å². The van der Waals surface area contributed by atoms with E-state index >= 15 is 0 Å². The number of carbonyl (C=O) groups is 1. The third kappa shape index (κ3) is 10.2. The minimum absolute atomic E-state index is 0.129. The van der Waals surface area contributed by atoms with Crippen LogP contribution in [0.15, 0.2) is 18.3 Å². The number of nitrogens with zero attached hydrogens (tertiary/aromatic N) is 2. The molecule has 0 unspecified atom stereocenters. The molecule has 0 N–H and O–H groups in total. The van der Waals surface area contributed by atoms with Crippen LogP contribution in [0.2, 0.25) is 0 Å². The molecule has 0 aliphatic heterocycles. The van der Waals surface area contributed by atoms with E-state index in [0.717, 1.165) is 44.9 Å². The Kier molecular flexibility index (Phi) is 12.9. The maximum atomic E-state index is 12.6. The van der Waals surface area contributed by atoms with Gasteiger partial charge in [0.25, 0.3) is 0 Å². The smallest absolute Gasteiger partial charge is 0.314 e. The Bertz CT molecular complexity index is 703. The van der Waals surface area contributed by atoms with Crippen molar-refractivity contribution in [1.29, 1.82) is 5.26 Å². The van der Waals surface area contributed by atoms with Crippen LogP contribution in [0.5, 0.6) is 11.6 Å². The van der Waals surface area contributed by atoms with Gasteiger partial charge in [0.05, 0.1) is 30.2 Å². The summed E-state index contributed by atoms with van der Waals surface area (Å²) >= 11 is 0. The first-order chi connectivity index (χ1) is 16.1. The predicted octanol–water partition coefficient (Wildman–Crippen LogP) is 7.79. The van der Waals surface area contributed by atoms with Crippen molar-refractivity contribution in [3.63, 3.8) is 0 Å². The normalized spacial score (nSPS) is 20.2. The van der Waals surface area contributed by atoms with Crippen LogP contribution < -0.4 is 9.47 Å². The molecule has 184 valence electrons. The van der Waals surface area contributed by atoms with Crippen molar-refractivity contribution >= 4 is 5.97 Å². The van der Waals surface area contributed by atoms with Gasteiger partial charge in [-0.2, -0.15) is 5.26 Å². The average Bonchev–Trinajstić information content (AvgIpc) is 2.84. The van der Waals surface area contributed by atoms with Gasteiger partial charge in [-0.1, -0.05) is 78.1 Å². The standard InChI is InChI=1S/C28H44N2O3/c1-3-5-7-9-11-13-21-32-26-15-14-25(22-30-26)33-27(31)24-16-19-28(23-29,20-17-24)18-12-10-8-6-4-2/h14-15,22,24H,3-13,16-21H2,1-2H3. The predicted molar refractivity (Wildman–Crippen MR) is 132 cm³/mol. The molecule has 0 amide bonds. The fraction of sp³-hybridized carbons (Fsp3) is 0.750. The molecule has 0 saturated heterocycles. The topological polar surface area (TPSA) is 72.2 Å². The van der Waals surface area contributed by atoms with Crippen molar-refractivity contribution in [2.45, 2.75) is 117 Å². The van der Waals surface area contributed by atoms with Gasteiger partial charge in [-0.15, -0.1) is 0 Å². The van der Waals surface area contributed by atoms with E-state index in [9.17, 15) is 10.1 Å². The van der Waals surface area contributed by atoms with Crippen LogP contribution in [0, 0.1) is 22.7 Å². The molecule has 1 aromatic rings. The Hall–Kier alpha value is -2.09. The number of nitriles is 1. The highest BCUT2D eigenvalue weighted by Crippen LogP contribution is 2.42. The van der Waals surface area contributed by atoms with Crippen molar-refractivity contribution in [2.24, 2.45) is 11.3 Å². The van der Waals surface area contributed by atoms with Crippen LogP contribution >= 0.6 is 0 Å². The minimum atomic E-state index is -0.250. The van der Waals surface area contributed by atoms with E-state index in [0.29, 0.717) is 18.2 Å². The number of ether oxygens (including phenoxy) is 2. The molecule has 1 aliphatic carbocycles. The Labute approximate surface area is 201 Å². The summed E-state index contributed by atoms with van der Waals surface area (Å²) in [5.74, 6) is 0.695. The molecule has 1 heterocycles. The number of esters is 1. The quantitative estimate of drug-likeness (QED) is 0.187. The van der Waals surface area contributed by atoms with Crippen molar-refractivity contribution in [1.82, 2.24) is 4.98 Å². The molecule has 2 rings (SSSR count). The Balaban J connectivity index is 1.68. The van der Waals surface area contributed by atoms with Gasteiger partial charge in [-0.3, -0.25) is 4.79 Å². The Morgan fingerprint density at radius 1 is 1.00 bits per heavy atom. The molecule has 1 fully saturated rings. The molecule has 0 radical (unpaired) electrons. The first-order valence-electron chi connectivity index (χ1n) is 13.3. The van der Waals surface area contributed by atoms with Crippen LogP contribution in [0.4, 0.5) is 0 Å². The van der Waals surface area contributed by atoms with Crippen LogP contribution in [0.25, 0.3) is 0 Å². The maximum absolute atomic E-state index is 12.6. The van der Waals surface area contributed by atoms with Crippen molar-refractivity contribution in [3.05, 3.63) is 18.3 Å². The fourth-order valence-corrected chi connectivity index (χ4v) is 4.66. The molecule has 0 bridgehead atoms. The summed E-state index contributed by atoms with van der Waals surface area (Å²) < 4.78 is 11.3. The summed E-state index contributed by atoms with van der Waals surface area (Å²) in [7, 11) is 0. The fourth-order valence-electron chi connectivity index (χ4n) is 4.66. The SMILES string of the molecule is CCCCCCCCOc1ccc(OC(=O)C2CCC(C#N)(CCCCCCC)CC2)cn1. The number of hydrogen-bond donors (Lipinski definition) is 0. The van der Waals surface area contributed by atoms with Crippen LogP contribution in [0.1, 0.15) is 117 Å². The second-order valence-corrected chi connectivity index (χ2v) is 9.70. The molecule has 0 atom stereocenters. The molecule has 1 saturated carbocycles. The minimum Gasteiger partial charge on any atom is -0.478 e. The summed E-state index contributed by atoms with van der Waals surface area (Å²) in [5.41, 5.74) is -0.250. The van der Waals surface area contributed by atoms with Gasteiger partial charge in [0.2, 0.25) is 5.88 Å². The summed E-state index contributed by atoms with van der Waals surface area (Å²) in [6.45, 7) is 5.10. The number of unbranched alkanes of at least 4 members (excludes halogenated alkanes) is 9. The summed E-state index contributed by atoms with van der Waals surface area (Å²) in [6, 6.07) is 6.10. The molecule has 0 spiro atoms. The van der Waals surface area contributed by atoms with E-state index in [1.807, 2.05) is 0 Å². The van der Waals surface area contributed by atoms with E-state index in [-0.39, 0.29) is 17.3 Å². The lowest BCUT2D eigenvalue weighted by molar-refractivity contribution is -0.140. The highest BCUT2D eigenvalue weighted by molar-refractivity contribution is 5.75. The number of aromatic nitrogens is 1. The lowest BCUT2D eigenvalue weighted by Gasteiger charge is -2.34. The molecule has 0 aromatic carbocycles. The highest BCUT2D eigenvalue weighted by atomic mass is 16.5. The Morgan fingerprint density at radius 3 is 2.24 bits per heavy atom. The van der Waals surface area contributed by atoms with Crippen molar-refractivity contribution in [2.75, 3.05) is 6.61 Å². The molecule has 5 nitrogen and oxygen atoms in total. The van der Waals surface area contributed by atoms with E-state index < -0.39 is 0 Å². The largest absolute Gasteiger partial charge is 0.478 e. The van der Waals surface area contributed by atoms with Gasteiger partial charge in [0, 0.05) is 6.07 Å². The zero-order chi connectivity index (χ0) is 23.8. The van der Waals surface area contributed by atoms with E-state index in [2.05, 4.69) is 24.9 Å². The van der Waals surface area contributed by atoms with Gasteiger partial charge in [-0.05, 0) is 44.6 Å². The number of carbonyl (C=O) groups excluding carboxylic acids is 1. The van der Waals surface area contributed by atoms with Crippen molar-refractivity contribution < 1.29 is 14.3 Å². The first kappa shape index (κ1) is 27.2. The van der Waals surface area contributed by atoms with Gasteiger partial charge in [0.15, 0.2) is 0 Å². The molecule has 33 heavy (non-hydrogen) atoms. The first-order valence-corrected chi connectivity index (χ1v) is 13.3. The number of rotatable bonds is 16. The van der Waals surface area contributed by atoms with Crippen LogP contribution in [-0.4, -0.2) is 17.6 Å². The van der Waals surface area contributed by atoms with Gasteiger partial charge in [-0.25, -0.2) is 4.98 Å². The second-order valence-electron chi connectivity index (χ2n) is 9.70. The van der Waals surface area contributed by atoms with Crippen molar-refractivity contribution in [3.8, 4) is 17.7 Å². The number of hydrogen-bond acceptors (Lipinski definition) is 5. The molecule has 1 aromatic heterocycles. The van der Waals surface area contributed by atoms with E-state index in [1.165, 1.54) is 57.8 Å². The third-order valence-corrected chi connectivity index (χ3v) is 6.95. The lowest BCUT2D eigenvalue weighted by Crippen LogP contribution is -2.31. The second kappa shape index (κ2) is 15.7. The summed E-state index contributed by atoms with van der Waals surface area (Å²) in [4.78, 5) is 16.9. The van der Waals surface area contributed by atoms with E-state index in [1.54, 1.807) is 18.3 Å². The molecule has 5 heteroatoms. The molecular formula is C28H44N2O3. The Morgan fingerprint density at radius 2 is 1.64 bits per heavy atom. The average molecular weight is 457 g/mol. The highest BCUT2D eigenvalue weighted by Gasteiger charge is 2.37.